The quantitative estimate of drug-likeness (QED) is 0.690. The molecule has 6 heteroatoms. The van der Waals surface area contributed by atoms with Crippen LogP contribution < -0.4 is 9.64 Å². The van der Waals surface area contributed by atoms with Gasteiger partial charge in [0, 0.05) is 18.8 Å². The first-order valence-electron chi connectivity index (χ1n) is 8.87. The van der Waals surface area contributed by atoms with Crippen molar-refractivity contribution in [1.82, 2.24) is 9.97 Å². The van der Waals surface area contributed by atoms with Crippen molar-refractivity contribution in [3.63, 3.8) is 0 Å². The summed E-state index contributed by atoms with van der Waals surface area (Å²) in [6.45, 7) is 4.07. The van der Waals surface area contributed by atoms with Crippen molar-refractivity contribution in [2.24, 2.45) is 0 Å². The van der Waals surface area contributed by atoms with E-state index in [1.54, 1.807) is 24.4 Å². The molecule has 1 atom stereocenters. The van der Waals surface area contributed by atoms with Gasteiger partial charge in [-0.15, -0.1) is 0 Å². The predicted molar refractivity (Wildman–Crippen MR) is 101 cm³/mol. The van der Waals surface area contributed by atoms with Gasteiger partial charge in [-0.2, -0.15) is 4.98 Å². The Morgan fingerprint density at radius 3 is 2.74 bits per heavy atom. The van der Waals surface area contributed by atoms with Crippen molar-refractivity contribution in [1.29, 1.82) is 0 Å². The number of anilines is 1. The van der Waals surface area contributed by atoms with Crippen LogP contribution >= 0.6 is 0 Å². The average Bonchev–Trinajstić information content (AvgIpc) is 2.70. The van der Waals surface area contributed by atoms with Gasteiger partial charge in [0.1, 0.15) is 17.7 Å². The molecule has 0 saturated carbocycles. The molecule has 1 aliphatic rings. The van der Waals surface area contributed by atoms with E-state index in [2.05, 4.69) is 33.9 Å². The third kappa shape index (κ3) is 4.06. The number of halogens is 1. The Kier molecular flexibility index (Phi) is 4.98. The van der Waals surface area contributed by atoms with Crippen LogP contribution in [0.1, 0.15) is 17.2 Å². The number of ether oxygens (including phenoxy) is 2. The fourth-order valence-electron chi connectivity index (χ4n) is 3.13. The second-order valence-electron chi connectivity index (χ2n) is 6.41. The van der Waals surface area contributed by atoms with E-state index in [9.17, 15) is 4.39 Å². The second kappa shape index (κ2) is 7.72. The summed E-state index contributed by atoms with van der Waals surface area (Å²) in [5.41, 5.74) is 2.39. The van der Waals surface area contributed by atoms with E-state index in [0.29, 0.717) is 37.3 Å². The highest BCUT2D eigenvalue weighted by atomic mass is 19.1. The monoisotopic (exact) mass is 365 g/mol. The molecule has 27 heavy (non-hydrogen) atoms. The number of morpholine rings is 1. The Morgan fingerprint density at radius 1 is 1.11 bits per heavy atom. The molecule has 3 aromatic rings. The van der Waals surface area contributed by atoms with Crippen LogP contribution in [0.4, 0.5) is 10.3 Å². The topological polar surface area (TPSA) is 47.5 Å². The summed E-state index contributed by atoms with van der Waals surface area (Å²) in [6, 6.07) is 15.8. The van der Waals surface area contributed by atoms with Crippen molar-refractivity contribution in [2.75, 3.05) is 24.6 Å². The van der Waals surface area contributed by atoms with Crippen LogP contribution in [0.5, 0.6) is 11.6 Å². The fraction of sp³-hybridized carbons (Fsp3) is 0.238. The smallest absolute Gasteiger partial charge is 0.228 e. The van der Waals surface area contributed by atoms with Crippen molar-refractivity contribution >= 4 is 5.95 Å². The van der Waals surface area contributed by atoms with Gasteiger partial charge in [0.2, 0.25) is 11.8 Å². The maximum atomic E-state index is 13.0. The number of benzene rings is 2. The minimum atomic E-state index is -0.304. The molecule has 1 aliphatic heterocycles. The van der Waals surface area contributed by atoms with E-state index in [4.69, 9.17) is 9.47 Å². The lowest BCUT2D eigenvalue weighted by atomic mass is 10.0. The lowest BCUT2D eigenvalue weighted by Gasteiger charge is -2.33. The third-order valence-corrected chi connectivity index (χ3v) is 4.54. The van der Waals surface area contributed by atoms with Crippen molar-refractivity contribution in [3.8, 4) is 11.6 Å². The van der Waals surface area contributed by atoms with E-state index in [1.165, 1.54) is 23.3 Å². The van der Waals surface area contributed by atoms with Crippen molar-refractivity contribution in [3.05, 3.63) is 77.7 Å². The first kappa shape index (κ1) is 17.4. The molecule has 138 valence electrons. The summed E-state index contributed by atoms with van der Waals surface area (Å²) in [7, 11) is 0. The molecule has 2 aromatic carbocycles. The van der Waals surface area contributed by atoms with Gasteiger partial charge in [-0.05, 0) is 42.3 Å². The van der Waals surface area contributed by atoms with Crippen LogP contribution in [-0.4, -0.2) is 29.7 Å². The Hall–Kier alpha value is -2.99. The number of hydrogen-bond donors (Lipinski definition) is 0. The van der Waals surface area contributed by atoms with Gasteiger partial charge < -0.3 is 14.4 Å². The Balaban J connectivity index is 1.51. The minimum absolute atomic E-state index is 0.0229. The number of hydrogen-bond acceptors (Lipinski definition) is 5. The van der Waals surface area contributed by atoms with E-state index in [-0.39, 0.29) is 11.9 Å². The van der Waals surface area contributed by atoms with Gasteiger partial charge in [0.15, 0.2) is 0 Å². The Labute approximate surface area is 157 Å². The van der Waals surface area contributed by atoms with Crippen molar-refractivity contribution < 1.29 is 13.9 Å². The van der Waals surface area contributed by atoms with Gasteiger partial charge >= 0.3 is 0 Å². The maximum absolute atomic E-state index is 13.0. The van der Waals surface area contributed by atoms with Gasteiger partial charge in [-0.3, -0.25) is 0 Å². The zero-order chi connectivity index (χ0) is 18.6. The molecule has 0 spiro atoms. The van der Waals surface area contributed by atoms with E-state index in [0.717, 1.165) is 0 Å². The van der Waals surface area contributed by atoms with Crippen LogP contribution in [0.15, 0.2) is 60.8 Å². The van der Waals surface area contributed by atoms with Crippen molar-refractivity contribution in [2.45, 2.75) is 13.0 Å². The predicted octanol–water partition coefficient (Wildman–Crippen LogP) is 4.29. The lowest BCUT2D eigenvalue weighted by Crippen LogP contribution is -2.39. The minimum Gasteiger partial charge on any atom is -0.439 e. The summed E-state index contributed by atoms with van der Waals surface area (Å²) in [5.74, 6) is 1.24. The molecule has 5 nitrogen and oxygen atoms in total. The highest BCUT2D eigenvalue weighted by molar-refractivity contribution is 5.37. The van der Waals surface area contributed by atoms with Crippen LogP contribution in [-0.2, 0) is 4.74 Å². The third-order valence-electron chi connectivity index (χ3n) is 4.54. The van der Waals surface area contributed by atoms with Gasteiger partial charge in [-0.1, -0.05) is 24.3 Å². The normalized spacial score (nSPS) is 17.0. The summed E-state index contributed by atoms with van der Waals surface area (Å²) in [6.07, 6.45) is 1.64. The molecule has 4 rings (SSSR count). The standard InChI is InChI=1S/C21H20FN3O2/c1-15-4-2-3-5-18(15)19-14-25(12-13-26-19)21-23-11-10-20(24-21)27-17-8-6-16(22)7-9-17/h2-11,19H,12-14H2,1H3. The summed E-state index contributed by atoms with van der Waals surface area (Å²) in [4.78, 5) is 11.0. The highest BCUT2D eigenvalue weighted by Gasteiger charge is 2.25. The SMILES string of the molecule is Cc1ccccc1C1CN(c2nccc(Oc3ccc(F)cc3)n2)CCO1. The largest absolute Gasteiger partial charge is 0.439 e. The molecule has 1 saturated heterocycles. The molecule has 0 amide bonds. The van der Waals surface area contributed by atoms with Gasteiger partial charge in [0.25, 0.3) is 0 Å². The summed E-state index contributed by atoms with van der Waals surface area (Å²) >= 11 is 0. The molecular weight excluding hydrogens is 345 g/mol. The van der Waals surface area contributed by atoms with Crippen LogP contribution in [0.2, 0.25) is 0 Å². The molecule has 0 aliphatic carbocycles. The summed E-state index contributed by atoms with van der Waals surface area (Å²) < 4.78 is 24.7. The molecule has 1 aromatic heterocycles. The second-order valence-corrected chi connectivity index (χ2v) is 6.41. The molecule has 2 heterocycles. The van der Waals surface area contributed by atoms with E-state index in [1.807, 2.05) is 12.1 Å². The molecule has 1 unspecified atom stereocenters. The first-order chi connectivity index (χ1) is 13.2. The van der Waals surface area contributed by atoms with Crippen LogP contribution in [0, 0.1) is 12.7 Å². The zero-order valence-electron chi connectivity index (χ0n) is 15.0. The number of nitrogens with zero attached hydrogens (tertiary/aromatic N) is 3. The van der Waals surface area contributed by atoms with Gasteiger partial charge in [-0.25, -0.2) is 9.37 Å². The Bertz CT molecular complexity index is 917. The number of aryl methyl sites for hydroxylation is 1. The average molecular weight is 365 g/mol. The highest BCUT2D eigenvalue weighted by Crippen LogP contribution is 2.27. The van der Waals surface area contributed by atoms with E-state index < -0.39 is 0 Å². The molecule has 1 fully saturated rings. The molecule has 0 bridgehead atoms. The maximum Gasteiger partial charge on any atom is 0.228 e. The molecule has 0 radical (unpaired) electrons. The lowest BCUT2D eigenvalue weighted by molar-refractivity contribution is 0.0388. The van der Waals surface area contributed by atoms with E-state index >= 15 is 0 Å². The van der Waals surface area contributed by atoms with Gasteiger partial charge in [0.05, 0.1) is 13.2 Å². The number of rotatable bonds is 4. The van der Waals surface area contributed by atoms with Crippen LogP contribution in [0.3, 0.4) is 0 Å². The number of aromatic nitrogens is 2. The first-order valence-corrected chi connectivity index (χ1v) is 8.87. The van der Waals surface area contributed by atoms with Crippen LogP contribution in [0.25, 0.3) is 0 Å². The fourth-order valence-corrected chi connectivity index (χ4v) is 3.13. The zero-order valence-corrected chi connectivity index (χ0v) is 15.0. The molecule has 0 N–H and O–H groups in total. The molecular formula is C21H20FN3O2. The Morgan fingerprint density at radius 2 is 1.93 bits per heavy atom. The summed E-state index contributed by atoms with van der Waals surface area (Å²) in [5, 5.41) is 0.